The molecule has 0 saturated heterocycles. The fourth-order valence-electron chi connectivity index (χ4n) is 3.02. The Bertz CT molecular complexity index is 398. The van der Waals surface area contributed by atoms with Crippen molar-refractivity contribution < 1.29 is 4.74 Å². The summed E-state index contributed by atoms with van der Waals surface area (Å²) in [7, 11) is 0. The van der Waals surface area contributed by atoms with E-state index < -0.39 is 0 Å². The molecule has 1 atom stereocenters. The van der Waals surface area contributed by atoms with Gasteiger partial charge in [-0.2, -0.15) is 0 Å². The van der Waals surface area contributed by atoms with Crippen molar-refractivity contribution in [1.82, 2.24) is 5.32 Å². The molecule has 0 saturated carbocycles. The van der Waals surface area contributed by atoms with Crippen LogP contribution in [0.1, 0.15) is 57.2 Å². The summed E-state index contributed by atoms with van der Waals surface area (Å²) in [4.78, 5) is 0. The van der Waals surface area contributed by atoms with Crippen LogP contribution in [0.15, 0.2) is 18.2 Å². The van der Waals surface area contributed by atoms with Crippen LogP contribution < -0.4 is 10.1 Å². The van der Waals surface area contributed by atoms with E-state index in [1.807, 2.05) is 0 Å². The van der Waals surface area contributed by atoms with Crippen molar-refractivity contribution in [3.05, 3.63) is 29.3 Å². The van der Waals surface area contributed by atoms with Gasteiger partial charge in [-0.25, -0.2) is 0 Å². The molecular formula is C17H27NO. The molecule has 19 heavy (non-hydrogen) atoms. The number of hydrogen-bond acceptors (Lipinski definition) is 2. The second kappa shape index (κ2) is 6.95. The van der Waals surface area contributed by atoms with Gasteiger partial charge in [-0.3, -0.25) is 0 Å². The Morgan fingerprint density at radius 1 is 1.21 bits per heavy atom. The Kier molecular flexibility index (Phi) is 5.26. The van der Waals surface area contributed by atoms with Crippen LogP contribution in [0.25, 0.3) is 0 Å². The molecule has 0 radical (unpaired) electrons. The SMILES string of the molecule is CCCNC(c1ccc2c(c1)CCO2)C(CC)CC. The van der Waals surface area contributed by atoms with Crippen LogP contribution in [-0.4, -0.2) is 13.2 Å². The molecule has 0 aromatic heterocycles. The summed E-state index contributed by atoms with van der Waals surface area (Å²) in [5.41, 5.74) is 2.82. The third kappa shape index (κ3) is 3.30. The molecule has 1 unspecified atom stereocenters. The molecule has 0 bridgehead atoms. The smallest absolute Gasteiger partial charge is 0.122 e. The molecular weight excluding hydrogens is 234 g/mol. The summed E-state index contributed by atoms with van der Waals surface area (Å²) in [5.74, 6) is 1.80. The zero-order valence-corrected chi connectivity index (χ0v) is 12.5. The zero-order chi connectivity index (χ0) is 13.7. The molecule has 1 heterocycles. The molecule has 2 heteroatoms. The van der Waals surface area contributed by atoms with Gasteiger partial charge in [0.05, 0.1) is 6.61 Å². The molecule has 1 N–H and O–H groups in total. The topological polar surface area (TPSA) is 21.3 Å². The number of benzene rings is 1. The van der Waals surface area contributed by atoms with Crippen molar-refractivity contribution >= 4 is 0 Å². The lowest BCUT2D eigenvalue weighted by Gasteiger charge is -2.27. The largest absolute Gasteiger partial charge is 0.493 e. The first-order valence-electron chi connectivity index (χ1n) is 7.79. The number of nitrogens with one attached hydrogen (secondary N) is 1. The molecule has 2 rings (SSSR count). The lowest BCUT2D eigenvalue weighted by molar-refractivity contribution is 0.341. The molecule has 1 aliphatic rings. The molecule has 0 aliphatic carbocycles. The molecule has 106 valence electrons. The van der Waals surface area contributed by atoms with Crippen molar-refractivity contribution in [3.63, 3.8) is 0 Å². The fourth-order valence-corrected chi connectivity index (χ4v) is 3.02. The van der Waals surface area contributed by atoms with E-state index in [9.17, 15) is 0 Å². The maximum Gasteiger partial charge on any atom is 0.122 e. The van der Waals surface area contributed by atoms with Gasteiger partial charge < -0.3 is 10.1 Å². The van der Waals surface area contributed by atoms with E-state index in [4.69, 9.17) is 4.74 Å². The van der Waals surface area contributed by atoms with E-state index >= 15 is 0 Å². The van der Waals surface area contributed by atoms with Crippen molar-refractivity contribution in [2.45, 2.75) is 52.5 Å². The fraction of sp³-hybridized carbons (Fsp3) is 0.647. The summed E-state index contributed by atoms with van der Waals surface area (Å²) < 4.78 is 5.61. The summed E-state index contributed by atoms with van der Waals surface area (Å²) in [5, 5.41) is 3.74. The molecule has 1 aromatic rings. The zero-order valence-electron chi connectivity index (χ0n) is 12.5. The van der Waals surface area contributed by atoms with Gasteiger partial charge in [-0.05, 0) is 36.1 Å². The summed E-state index contributed by atoms with van der Waals surface area (Å²) >= 11 is 0. The monoisotopic (exact) mass is 261 g/mol. The first-order chi connectivity index (χ1) is 9.30. The Labute approximate surface area is 117 Å². The van der Waals surface area contributed by atoms with Gasteiger partial charge in [0.2, 0.25) is 0 Å². The average Bonchev–Trinajstić information content (AvgIpc) is 2.90. The highest BCUT2D eigenvalue weighted by Crippen LogP contribution is 2.32. The maximum absolute atomic E-state index is 5.61. The number of rotatable bonds is 7. The molecule has 0 spiro atoms. The second-order valence-corrected chi connectivity index (χ2v) is 5.47. The highest BCUT2D eigenvalue weighted by Gasteiger charge is 2.22. The van der Waals surface area contributed by atoms with Gasteiger partial charge in [0.25, 0.3) is 0 Å². The second-order valence-electron chi connectivity index (χ2n) is 5.47. The van der Waals surface area contributed by atoms with Gasteiger partial charge in [0, 0.05) is 12.5 Å². The Balaban J connectivity index is 2.21. The van der Waals surface area contributed by atoms with E-state index in [2.05, 4.69) is 44.3 Å². The Morgan fingerprint density at radius 2 is 2.00 bits per heavy atom. The first kappa shape index (κ1) is 14.4. The van der Waals surface area contributed by atoms with E-state index in [1.165, 1.54) is 30.4 Å². The molecule has 1 aromatic carbocycles. The quantitative estimate of drug-likeness (QED) is 0.798. The van der Waals surface area contributed by atoms with Crippen molar-refractivity contribution in [2.24, 2.45) is 5.92 Å². The molecule has 0 amide bonds. The van der Waals surface area contributed by atoms with Crippen molar-refractivity contribution in [3.8, 4) is 5.75 Å². The predicted octanol–water partition coefficient (Wildman–Crippen LogP) is 4.10. The Morgan fingerprint density at radius 3 is 2.68 bits per heavy atom. The first-order valence-corrected chi connectivity index (χ1v) is 7.79. The third-order valence-electron chi connectivity index (χ3n) is 4.21. The molecule has 1 aliphatic heterocycles. The van der Waals surface area contributed by atoms with E-state index in [0.717, 1.165) is 25.3 Å². The highest BCUT2D eigenvalue weighted by atomic mass is 16.5. The minimum atomic E-state index is 0.487. The van der Waals surface area contributed by atoms with Gasteiger partial charge in [-0.15, -0.1) is 0 Å². The van der Waals surface area contributed by atoms with Crippen LogP contribution in [0.4, 0.5) is 0 Å². The van der Waals surface area contributed by atoms with E-state index in [1.54, 1.807) is 0 Å². The number of fused-ring (bicyclic) bond motifs is 1. The van der Waals surface area contributed by atoms with Crippen LogP contribution in [0.5, 0.6) is 5.75 Å². The van der Waals surface area contributed by atoms with Gasteiger partial charge in [0.1, 0.15) is 5.75 Å². The molecule has 0 fully saturated rings. The van der Waals surface area contributed by atoms with Crippen LogP contribution in [0, 0.1) is 5.92 Å². The van der Waals surface area contributed by atoms with Gasteiger partial charge >= 0.3 is 0 Å². The van der Waals surface area contributed by atoms with Crippen LogP contribution in [0.3, 0.4) is 0 Å². The minimum Gasteiger partial charge on any atom is -0.493 e. The predicted molar refractivity (Wildman–Crippen MR) is 80.7 cm³/mol. The molecule has 2 nitrogen and oxygen atoms in total. The summed E-state index contributed by atoms with van der Waals surface area (Å²) in [6.45, 7) is 8.76. The van der Waals surface area contributed by atoms with Gasteiger partial charge in [0.15, 0.2) is 0 Å². The highest BCUT2D eigenvalue weighted by molar-refractivity contribution is 5.41. The maximum atomic E-state index is 5.61. The van der Waals surface area contributed by atoms with E-state index in [0.29, 0.717) is 12.0 Å². The standard InChI is InChI=1S/C17H27NO/c1-4-10-18-17(13(5-2)6-3)15-7-8-16-14(12-15)9-11-19-16/h7-8,12-13,17-18H,4-6,9-11H2,1-3H3. The normalized spacial score (nSPS) is 15.4. The van der Waals surface area contributed by atoms with E-state index in [-0.39, 0.29) is 0 Å². The van der Waals surface area contributed by atoms with Crippen LogP contribution in [-0.2, 0) is 6.42 Å². The Hall–Kier alpha value is -1.02. The van der Waals surface area contributed by atoms with Gasteiger partial charge in [-0.1, -0.05) is 45.7 Å². The third-order valence-corrected chi connectivity index (χ3v) is 4.21. The van der Waals surface area contributed by atoms with Crippen LogP contribution >= 0.6 is 0 Å². The average molecular weight is 261 g/mol. The van der Waals surface area contributed by atoms with Crippen molar-refractivity contribution in [2.75, 3.05) is 13.2 Å². The lowest BCUT2D eigenvalue weighted by Crippen LogP contribution is -2.28. The lowest BCUT2D eigenvalue weighted by atomic mass is 9.88. The minimum absolute atomic E-state index is 0.487. The summed E-state index contributed by atoms with van der Waals surface area (Å²) in [6, 6.07) is 7.24. The number of hydrogen-bond donors (Lipinski definition) is 1. The van der Waals surface area contributed by atoms with Crippen molar-refractivity contribution in [1.29, 1.82) is 0 Å². The number of ether oxygens (including phenoxy) is 1. The summed E-state index contributed by atoms with van der Waals surface area (Å²) in [6.07, 6.45) is 4.70. The van der Waals surface area contributed by atoms with Crippen LogP contribution in [0.2, 0.25) is 0 Å².